The van der Waals surface area contributed by atoms with Gasteiger partial charge in [0, 0.05) is 30.7 Å². The van der Waals surface area contributed by atoms with E-state index < -0.39 is 12.1 Å². The summed E-state index contributed by atoms with van der Waals surface area (Å²) in [4.78, 5) is 26.1. The smallest absolute Gasteiger partial charge is 0.333 e. The Bertz CT molecular complexity index is 1110. The molecule has 6 heteroatoms. The van der Waals surface area contributed by atoms with Gasteiger partial charge in [0.15, 0.2) is 18.6 Å². The van der Waals surface area contributed by atoms with E-state index in [1.165, 1.54) is 0 Å². The van der Waals surface area contributed by atoms with Crippen LogP contribution in [-0.4, -0.2) is 36.3 Å². The minimum absolute atomic E-state index is 0.0854. The zero-order valence-electron chi connectivity index (χ0n) is 17.9. The first-order valence-electron chi connectivity index (χ1n) is 10.6. The summed E-state index contributed by atoms with van der Waals surface area (Å²) in [7, 11) is 0. The maximum atomic E-state index is 12.8. The maximum absolute atomic E-state index is 12.8. The average Bonchev–Trinajstić information content (AvgIpc) is 2.92. The van der Waals surface area contributed by atoms with Crippen LogP contribution in [-0.2, 0) is 22.4 Å². The number of hydrogen-bond acceptors (Lipinski definition) is 5. The largest absolute Gasteiger partial charge is 0.479 e. The molecule has 0 saturated heterocycles. The van der Waals surface area contributed by atoms with Crippen LogP contribution in [0, 0.1) is 0 Å². The molecule has 0 amide bonds. The van der Waals surface area contributed by atoms with Crippen molar-refractivity contribution in [3.05, 3.63) is 89.5 Å². The van der Waals surface area contributed by atoms with Crippen LogP contribution in [0.1, 0.15) is 28.4 Å². The monoisotopic (exact) mass is 431 g/mol. The van der Waals surface area contributed by atoms with Crippen LogP contribution in [0.3, 0.4) is 0 Å². The number of ketones is 1. The van der Waals surface area contributed by atoms with Gasteiger partial charge in [0.1, 0.15) is 5.75 Å². The van der Waals surface area contributed by atoms with Crippen molar-refractivity contribution in [3.63, 3.8) is 0 Å². The van der Waals surface area contributed by atoms with Crippen molar-refractivity contribution >= 4 is 23.1 Å². The average molecular weight is 431 g/mol. The standard InChI is InChI=1S/C26H25NO5/c1-2-31-25(26(29)30)15-18-11-13-20(14-12-18)32-17-27-22-9-5-3-7-19(22)16-24(28)21-8-4-6-10-23(21)27/h3-14,25H,2,15-17H2,1H3,(H,29,30). The number of nitrogens with zero attached hydrogens (tertiary/aromatic N) is 1. The third-order valence-electron chi connectivity index (χ3n) is 5.48. The second kappa shape index (κ2) is 9.66. The Labute approximate surface area is 187 Å². The van der Waals surface area contributed by atoms with E-state index in [2.05, 4.69) is 0 Å². The number of benzene rings is 3. The van der Waals surface area contributed by atoms with Crippen molar-refractivity contribution in [2.75, 3.05) is 18.2 Å². The van der Waals surface area contributed by atoms with Crippen LogP contribution in [0.25, 0.3) is 0 Å². The van der Waals surface area contributed by atoms with Crippen molar-refractivity contribution in [1.82, 2.24) is 0 Å². The summed E-state index contributed by atoms with van der Waals surface area (Å²) >= 11 is 0. The molecule has 0 aliphatic carbocycles. The molecule has 0 radical (unpaired) electrons. The predicted octanol–water partition coefficient (Wildman–Crippen LogP) is 4.63. The number of aliphatic carboxylic acids is 1. The highest BCUT2D eigenvalue weighted by Crippen LogP contribution is 2.35. The first-order chi connectivity index (χ1) is 15.6. The van der Waals surface area contributed by atoms with E-state index in [-0.39, 0.29) is 12.5 Å². The van der Waals surface area contributed by atoms with E-state index in [4.69, 9.17) is 9.47 Å². The van der Waals surface area contributed by atoms with Crippen LogP contribution >= 0.6 is 0 Å². The molecular weight excluding hydrogens is 406 g/mol. The number of carboxylic acid groups (broad SMARTS) is 1. The molecule has 0 saturated carbocycles. The van der Waals surface area contributed by atoms with E-state index in [0.717, 1.165) is 22.5 Å². The van der Waals surface area contributed by atoms with Gasteiger partial charge in [-0.15, -0.1) is 0 Å². The van der Waals surface area contributed by atoms with Crippen molar-refractivity contribution in [2.45, 2.75) is 25.9 Å². The number of para-hydroxylation sites is 2. The van der Waals surface area contributed by atoms with Crippen molar-refractivity contribution in [3.8, 4) is 5.75 Å². The lowest BCUT2D eigenvalue weighted by Crippen LogP contribution is -2.26. The van der Waals surface area contributed by atoms with Gasteiger partial charge < -0.3 is 19.5 Å². The number of anilines is 2. The van der Waals surface area contributed by atoms with Gasteiger partial charge in [0.05, 0.1) is 5.69 Å². The number of carboxylic acids is 1. The SMILES string of the molecule is CCOC(Cc1ccc(OCN2c3ccccc3CC(=O)c3ccccc32)cc1)C(=O)O. The number of ether oxygens (including phenoxy) is 2. The molecule has 1 aliphatic heterocycles. The van der Waals surface area contributed by atoms with E-state index >= 15 is 0 Å². The van der Waals surface area contributed by atoms with Crippen LogP contribution in [0.2, 0.25) is 0 Å². The minimum atomic E-state index is -0.972. The fourth-order valence-corrected chi connectivity index (χ4v) is 3.90. The molecule has 0 spiro atoms. The molecule has 0 aromatic heterocycles. The summed E-state index contributed by atoms with van der Waals surface area (Å²) in [5.41, 5.74) is 4.26. The predicted molar refractivity (Wildman–Crippen MR) is 122 cm³/mol. The molecule has 4 rings (SSSR count). The van der Waals surface area contributed by atoms with Gasteiger partial charge in [-0.3, -0.25) is 4.79 Å². The Kier molecular flexibility index (Phi) is 6.52. The molecule has 32 heavy (non-hydrogen) atoms. The number of fused-ring (bicyclic) bond motifs is 2. The summed E-state index contributed by atoms with van der Waals surface area (Å²) < 4.78 is 11.4. The van der Waals surface area contributed by atoms with E-state index in [9.17, 15) is 14.7 Å². The van der Waals surface area contributed by atoms with Crippen LogP contribution < -0.4 is 9.64 Å². The maximum Gasteiger partial charge on any atom is 0.333 e. The highest BCUT2D eigenvalue weighted by Gasteiger charge is 2.25. The fourth-order valence-electron chi connectivity index (χ4n) is 3.90. The zero-order chi connectivity index (χ0) is 22.5. The summed E-state index contributed by atoms with van der Waals surface area (Å²) in [5.74, 6) is -0.232. The number of rotatable bonds is 8. The first kappa shape index (κ1) is 21.6. The fraction of sp³-hybridized carbons (Fsp3) is 0.231. The van der Waals surface area contributed by atoms with Crippen LogP contribution in [0.5, 0.6) is 5.75 Å². The van der Waals surface area contributed by atoms with Gasteiger partial charge >= 0.3 is 5.97 Å². The summed E-state index contributed by atoms with van der Waals surface area (Å²) in [6, 6.07) is 22.8. The number of carbonyl (C=O) groups is 2. The summed E-state index contributed by atoms with van der Waals surface area (Å²) in [6.45, 7) is 2.36. The van der Waals surface area contributed by atoms with Gasteiger partial charge in [0.2, 0.25) is 0 Å². The summed E-state index contributed by atoms with van der Waals surface area (Å²) in [5, 5.41) is 9.27. The zero-order valence-corrected chi connectivity index (χ0v) is 17.9. The molecule has 1 heterocycles. The number of carbonyl (C=O) groups excluding carboxylic acids is 1. The molecule has 1 aliphatic rings. The molecule has 1 N–H and O–H groups in total. The molecule has 1 atom stereocenters. The second-order valence-corrected chi connectivity index (χ2v) is 7.58. The molecule has 0 bridgehead atoms. The molecule has 164 valence electrons. The van der Waals surface area contributed by atoms with Gasteiger partial charge in [-0.1, -0.05) is 42.5 Å². The topological polar surface area (TPSA) is 76.1 Å². The molecule has 0 fully saturated rings. The third kappa shape index (κ3) is 4.65. The Morgan fingerprint density at radius 2 is 1.69 bits per heavy atom. The van der Waals surface area contributed by atoms with E-state index in [1.807, 2.05) is 77.7 Å². The number of Topliss-reactive ketones (excluding diaryl/α,β-unsaturated/α-hetero) is 1. The molecule has 1 unspecified atom stereocenters. The normalized spacial score (nSPS) is 13.7. The Morgan fingerprint density at radius 3 is 2.41 bits per heavy atom. The highest BCUT2D eigenvalue weighted by atomic mass is 16.5. The highest BCUT2D eigenvalue weighted by molar-refractivity contribution is 6.05. The molecular formula is C26H25NO5. The lowest BCUT2D eigenvalue weighted by atomic mass is 10.0. The van der Waals surface area contributed by atoms with E-state index in [1.54, 1.807) is 6.92 Å². The molecule has 3 aromatic rings. The summed E-state index contributed by atoms with van der Waals surface area (Å²) in [6.07, 6.45) is -0.226. The quantitative estimate of drug-likeness (QED) is 0.560. The minimum Gasteiger partial charge on any atom is -0.479 e. The molecule has 6 nitrogen and oxygen atoms in total. The van der Waals surface area contributed by atoms with Gasteiger partial charge in [0.25, 0.3) is 0 Å². The van der Waals surface area contributed by atoms with E-state index in [0.29, 0.717) is 30.8 Å². The van der Waals surface area contributed by atoms with Crippen molar-refractivity contribution in [1.29, 1.82) is 0 Å². The first-order valence-corrected chi connectivity index (χ1v) is 10.6. The second-order valence-electron chi connectivity index (χ2n) is 7.58. The van der Waals surface area contributed by atoms with Crippen LogP contribution in [0.4, 0.5) is 11.4 Å². The molecule has 3 aromatic carbocycles. The third-order valence-corrected chi connectivity index (χ3v) is 5.48. The number of hydrogen-bond donors (Lipinski definition) is 1. The lowest BCUT2D eigenvalue weighted by Gasteiger charge is -2.26. The Balaban J connectivity index is 1.53. The Morgan fingerprint density at radius 1 is 1.00 bits per heavy atom. The van der Waals surface area contributed by atoms with Crippen molar-refractivity contribution in [2.24, 2.45) is 0 Å². The lowest BCUT2D eigenvalue weighted by molar-refractivity contribution is -0.149. The van der Waals surface area contributed by atoms with Crippen molar-refractivity contribution < 1.29 is 24.2 Å². The van der Waals surface area contributed by atoms with Gasteiger partial charge in [-0.2, -0.15) is 0 Å². The van der Waals surface area contributed by atoms with Gasteiger partial charge in [-0.05, 0) is 48.4 Å². The van der Waals surface area contributed by atoms with Crippen LogP contribution in [0.15, 0.2) is 72.8 Å². The van der Waals surface area contributed by atoms with Gasteiger partial charge in [-0.25, -0.2) is 4.79 Å². The Hall–Kier alpha value is -3.64.